The highest BCUT2D eigenvalue weighted by atomic mass is 19.4. The number of nitro benzene ring substituents is 1. The SMILES string of the molecule is CC(C)NC(=O)C1CCN(C(=O)C2CCN(c3ccc(C(F)(F)F)cc3[N+](=O)[O-])CC2)CC1. The van der Waals surface area contributed by atoms with Gasteiger partial charge in [0.25, 0.3) is 5.69 Å². The number of piperidine rings is 2. The lowest BCUT2D eigenvalue weighted by molar-refractivity contribution is -0.384. The Labute approximate surface area is 190 Å². The molecule has 33 heavy (non-hydrogen) atoms. The molecule has 0 spiro atoms. The quantitative estimate of drug-likeness (QED) is 0.524. The summed E-state index contributed by atoms with van der Waals surface area (Å²) in [7, 11) is 0. The summed E-state index contributed by atoms with van der Waals surface area (Å²) in [6.45, 7) is 5.52. The van der Waals surface area contributed by atoms with E-state index in [-0.39, 0.29) is 35.4 Å². The average Bonchev–Trinajstić information content (AvgIpc) is 2.77. The Morgan fingerprint density at radius 2 is 1.64 bits per heavy atom. The monoisotopic (exact) mass is 470 g/mol. The molecule has 2 heterocycles. The first kappa shape index (κ1) is 24.8. The second-order valence-electron chi connectivity index (χ2n) is 8.98. The van der Waals surface area contributed by atoms with Crippen molar-refractivity contribution in [1.29, 1.82) is 0 Å². The number of hydrogen-bond donors (Lipinski definition) is 1. The number of halogens is 3. The topological polar surface area (TPSA) is 95.8 Å². The van der Waals surface area contributed by atoms with Crippen molar-refractivity contribution in [3.05, 3.63) is 33.9 Å². The molecular formula is C22H29F3N4O4. The van der Waals surface area contributed by atoms with E-state index < -0.39 is 22.4 Å². The fourth-order valence-corrected chi connectivity index (χ4v) is 4.50. The van der Waals surface area contributed by atoms with Crippen molar-refractivity contribution in [3.63, 3.8) is 0 Å². The number of rotatable bonds is 5. The van der Waals surface area contributed by atoms with Gasteiger partial charge in [-0.2, -0.15) is 13.2 Å². The van der Waals surface area contributed by atoms with Crippen LogP contribution in [-0.2, 0) is 15.8 Å². The molecule has 1 N–H and O–H groups in total. The lowest BCUT2D eigenvalue weighted by Gasteiger charge is -2.37. The summed E-state index contributed by atoms with van der Waals surface area (Å²) in [6, 6.07) is 2.62. The number of alkyl halides is 3. The molecule has 182 valence electrons. The van der Waals surface area contributed by atoms with E-state index in [2.05, 4.69) is 5.32 Å². The molecule has 1 aromatic carbocycles. The fraction of sp³-hybridized carbons (Fsp3) is 0.636. The first-order chi connectivity index (χ1) is 15.5. The highest BCUT2D eigenvalue weighted by Gasteiger charge is 2.36. The molecule has 0 saturated carbocycles. The Balaban J connectivity index is 1.58. The summed E-state index contributed by atoms with van der Waals surface area (Å²) >= 11 is 0. The van der Waals surface area contributed by atoms with Gasteiger partial charge >= 0.3 is 6.18 Å². The molecule has 2 aliphatic rings. The summed E-state index contributed by atoms with van der Waals surface area (Å²) in [4.78, 5) is 39.2. The molecule has 0 radical (unpaired) electrons. The normalized spacial score (nSPS) is 18.5. The van der Waals surface area contributed by atoms with E-state index >= 15 is 0 Å². The van der Waals surface area contributed by atoms with Gasteiger partial charge in [-0.1, -0.05) is 0 Å². The number of carbonyl (C=O) groups is 2. The predicted molar refractivity (Wildman–Crippen MR) is 116 cm³/mol. The van der Waals surface area contributed by atoms with E-state index in [9.17, 15) is 32.9 Å². The zero-order valence-electron chi connectivity index (χ0n) is 18.7. The summed E-state index contributed by atoms with van der Waals surface area (Å²) in [6.07, 6.45) is -2.51. The summed E-state index contributed by atoms with van der Waals surface area (Å²) in [5.74, 6) is -0.308. The van der Waals surface area contributed by atoms with Gasteiger partial charge in [-0.15, -0.1) is 0 Å². The average molecular weight is 470 g/mol. The number of carbonyl (C=O) groups excluding carboxylic acids is 2. The Morgan fingerprint density at radius 3 is 2.15 bits per heavy atom. The van der Waals surface area contributed by atoms with E-state index in [0.717, 1.165) is 12.1 Å². The van der Waals surface area contributed by atoms with Crippen molar-refractivity contribution < 1.29 is 27.7 Å². The van der Waals surface area contributed by atoms with Crippen molar-refractivity contribution in [2.75, 3.05) is 31.1 Å². The van der Waals surface area contributed by atoms with Gasteiger partial charge in [-0.05, 0) is 51.7 Å². The zero-order valence-corrected chi connectivity index (χ0v) is 18.7. The van der Waals surface area contributed by atoms with Gasteiger partial charge in [0, 0.05) is 50.1 Å². The number of benzene rings is 1. The third kappa shape index (κ3) is 5.94. The minimum absolute atomic E-state index is 0.0132. The number of nitrogens with one attached hydrogen (secondary N) is 1. The molecule has 2 amide bonds. The van der Waals surface area contributed by atoms with Gasteiger partial charge in [0.2, 0.25) is 11.8 Å². The minimum Gasteiger partial charge on any atom is -0.366 e. The molecule has 2 saturated heterocycles. The van der Waals surface area contributed by atoms with Crippen LogP contribution in [0.15, 0.2) is 18.2 Å². The summed E-state index contributed by atoms with van der Waals surface area (Å²) in [5, 5.41) is 14.3. The fourth-order valence-electron chi connectivity index (χ4n) is 4.50. The third-order valence-electron chi connectivity index (χ3n) is 6.29. The smallest absolute Gasteiger partial charge is 0.366 e. The highest BCUT2D eigenvalue weighted by Crippen LogP contribution is 2.38. The van der Waals surface area contributed by atoms with Gasteiger partial charge < -0.3 is 15.1 Å². The maximum absolute atomic E-state index is 13.0. The van der Waals surface area contributed by atoms with Crippen LogP contribution >= 0.6 is 0 Å². The second-order valence-corrected chi connectivity index (χ2v) is 8.98. The molecule has 0 aliphatic carbocycles. The second kappa shape index (κ2) is 9.96. The standard InChI is InChI=1S/C22H29F3N4O4/c1-14(2)26-20(30)15-5-11-28(12-6-15)21(31)16-7-9-27(10-8-16)18-4-3-17(22(23,24)25)13-19(18)29(32)33/h3-4,13-16H,5-12H2,1-2H3,(H,26,30). The minimum atomic E-state index is -4.66. The van der Waals surface area contributed by atoms with Gasteiger partial charge in [0.15, 0.2) is 0 Å². The Kier molecular flexibility index (Phi) is 7.48. The van der Waals surface area contributed by atoms with Crippen LogP contribution in [0.2, 0.25) is 0 Å². The first-order valence-electron chi connectivity index (χ1n) is 11.2. The van der Waals surface area contributed by atoms with Crippen LogP contribution in [0.3, 0.4) is 0 Å². The molecule has 0 unspecified atom stereocenters. The van der Waals surface area contributed by atoms with Gasteiger partial charge in [0.1, 0.15) is 5.69 Å². The van der Waals surface area contributed by atoms with Crippen molar-refractivity contribution in [2.45, 2.75) is 51.7 Å². The lowest BCUT2D eigenvalue weighted by Crippen LogP contribution is -2.48. The molecule has 0 aromatic heterocycles. The summed E-state index contributed by atoms with van der Waals surface area (Å²) in [5.41, 5.74) is -1.51. The van der Waals surface area contributed by atoms with E-state index in [1.807, 2.05) is 13.8 Å². The largest absolute Gasteiger partial charge is 0.416 e. The van der Waals surface area contributed by atoms with Crippen LogP contribution in [0.4, 0.5) is 24.5 Å². The van der Waals surface area contributed by atoms with Crippen LogP contribution in [-0.4, -0.2) is 53.9 Å². The van der Waals surface area contributed by atoms with Crippen LogP contribution in [0.25, 0.3) is 0 Å². The first-order valence-corrected chi connectivity index (χ1v) is 11.2. The van der Waals surface area contributed by atoms with Crippen LogP contribution < -0.4 is 10.2 Å². The number of hydrogen-bond acceptors (Lipinski definition) is 5. The molecule has 0 atom stereocenters. The van der Waals surface area contributed by atoms with Crippen molar-refractivity contribution in [2.24, 2.45) is 11.8 Å². The lowest BCUT2D eigenvalue weighted by atomic mass is 9.91. The number of likely N-dealkylation sites (tertiary alicyclic amines) is 1. The number of nitro groups is 1. The molecule has 11 heteroatoms. The van der Waals surface area contributed by atoms with Crippen molar-refractivity contribution >= 4 is 23.2 Å². The van der Waals surface area contributed by atoms with E-state index in [0.29, 0.717) is 57.9 Å². The maximum Gasteiger partial charge on any atom is 0.416 e. The van der Waals surface area contributed by atoms with Crippen LogP contribution in [0, 0.1) is 22.0 Å². The molecule has 0 bridgehead atoms. The third-order valence-corrected chi connectivity index (χ3v) is 6.29. The van der Waals surface area contributed by atoms with Gasteiger partial charge in [0.05, 0.1) is 10.5 Å². The van der Waals surface area contributed by atoms with Crippen LogP contribution in [0.1, 0.15) is 45.1 Å². The van der Waals surface area contributed by atoms with Crippen molar-refractivity contribution in [1.82, 2.24) is 10.2 Å². The predicted octanol–water partition coefficient (Wildman–Crippen LogP) is 3.59. The molecule has 2 aliphatic heterocycles. The Hall–Kier alpha value is -2.85. The van der Waals surface area contributed by atoms with Crippen LogP contribution in [0.5, 0.6) is 0 Å². The van der Waals surface area contributed by atoms with Gasteiger partial charge in [-0.25, -0.2) is 0 Å². The molecular weight excluding hydrogens is 441 g/mol. The highest BCUT2D eigenvalue weighted by molar-refractivity contribution is 5.81. The zero-order chi connectivity index (χ0) is 24.3. The van der Waals surface area contributed by atoms with Gasteiger partial charge in [-0.3, -0.25) is 19.7 Å². The Bertz CT molecular complexity index is 890. The molecule has 2 fully saturated rings. The Morgan fingerprint density at radius 1 is 1.06 bits per heavy atom. The van der Waals surface area contributed by atoms with E-state index in [4.69, 9.17) is 0 Å². The molecule has 8 nitrogen and oxygen atoms in total. The number of anilines is 1. The summed E-state index contributed by atoms with van der Waals surface area (Å²) < 4.78 is 38.8. The van der Waals surface area contributed by atoms with E-state index in [1.165, 1.54) is 0 Å². The molecule has 3 rings (SSSR count). The number of nitrogens with zero attached hydrogens (tertiary/aromatic N) is 3. The van der Waals surface area contributed by atoms with Crippen molar-refractivity contribution in [3.8, 4) is 0 Å². The molecule has 1 aromatic rings. The number of amides is 2. The maximum atomic E-state index is 13.0. The van der Waals surface area contributed by atoms with E-state index in [1.54, 1.807) is 9.80 Å².